The van der Waals surface area contributed by atoms with Crippen LogP contribution in [0.5, 0.6) is 0 Å². The maximum atomic E-state index is 11.0. The van der Waals surface area contributed by atoms with E-state index in [4.69, 9.17) is 0 Å². The van der Waals surface area contributed by atoms with Crippen LogP contribution < -0.4 is 5.11 Å². The van der Waals surface area contributed by atoms with E-state index in [9.17, 15) is 20.4 Å². The maximum absolute atomic E-state index is 11.0. The average Bonchev–Trinajstić information content (AvgIpc) is 3.27. The van der Waals surface area contributed by atoms with Crippen molar-refractivity contribution in [3.63, 3.8) is 0 Å². The van der Waals surface area contributed by atoms with Crippen LogP contribution in [-0.2, 0) is 12.8 Å². The van der Waals surface area contributed by atoms with Crippen LogP contribution in [0.2, 0.25) is 0 Å². The first-order valence-electron chi connectivity index (χ1n) is 10.1. The lowest BCUT2D eigenvalue weighted by Crippen LogP contribution is -2.21. The third-order valence-corrected chi connectivity index (χ3v) is 7.07. The van der Waals surface area contributed by atoms with Gasteiger partial charge >= 0.3 is 0 Å². The van der Waals surface area contributed by atoms with E-state index in [1.165, 1.54) is 22.6 Å². The third kappa shape index (κ3) is 3.67. The van der Waals surface area contributed by atoms with Crippen molar-refractivity contribution in [1.29, 1.82) is 10.5 Å². The largest absolute Gasteiger partial charge is 0.545 e. The molecule has 0 fully saturated rings. The van der Waals surface area contributed by atoms with Gasteiger partial charge in [0.2, 0.25) is 0 Å². The number of hydrogen-bond donors (Lipinski definition) is 0. The highest BCUT2D eigenvalue weighted by atomic mass is 32.1. The number of aromatic carboxylic acids is 1. The van der Waals surface area contributed by atoms with Gasteiger partial charge in [0, 0.05) is 16.3 Å². The Balaban J connectivity index is 1.78. The summed E-state index contributed by atoms with van der Waals surface area (Å²) < 4.78 is 2.11. The summed E-state index contributed by atoms with van der Waals surface area (Å²) in [6.07, 6.45) is 6.09. The van der Waals surface area contributed by atoms with Crippen molar-refractivity contribution in [1.82, 2.24) is 4.57 Å². The molecule has 0 atom stereocenters. The molecule has 0 bridgehead atoms. The Bertz CT molecular complexity index is 1290. The number of fused-ring (bicyclic) bond motifs is 1. The summed E-state index contributed by atoms with van der Waals surface area (Å²) in [5.74, 6) is -1.25. The van der Waals surface area contributed by atoms with Gasteiger partial charge in [-0.1, -0.05) is 24.3 Å². The van der Waals surface area contributed by atoms with Gasteiger partial charge in [-0.15, -0.1) is 11.3 Å². The van der Waals surface area contributed by atoms with E-state index in [1.807, 2.05) is 26.0 Å². The molecule has 0 saturated heterocycles. The zero-order chi connectivity index (χ0) is 22.1. The first-order valence-corrected chi connectivity index (χ1v) is 10.9. The summed E-state index contributed by atoms with van der Waals surface area (Å²) in [7, 11) is 0. The van der Waals surface area contributed by atoms with Crippen molar-refractivity contribution >= 4 is 29.0 Å². The molecule has 0 spiro atoms. The Kier molecular flexibility index (Phi) is 5.50. The topological polar surface area (TPSA) is 92.6 Å². The molecule has 6 heteroatoms. The molecule has 1 aliphatic rings. The molecule has 0 amide bonds. The van der Waals surface area contributed by atoms with Gasteiger partial charge < -0.3 is 14.5 Å². The normalized spacial score (nSPS) is 13.4. The van der Waals surface area contributed by atoms with Crippen LogP contribution >= 0.6 is 11.3 Å². The first kappa shape index (κ1) is 20.7. The van der Waals surface area contributed by atoms with Crippen LogP contribution in [-0.4, -0.2) is 10.5 Å². The molecule has 4 rings (SSSR count). The monoisotopic (exact) mass is 426 g/mol. The fourth-order valence-corrected chi connectivity index (χ4v) is 5.64. The first-order chi connectivity index (χ1) is 14.9. The second-order valence-electron chi connectivity index (χ2n) is 7.70. The zero-order valence-corrected chi connectivity index (χ0v) is 18.2. The van der Waals surface area contributed by atoms with Crippen LogP contribution in [0.25, 0.3) is 16.7 Å². The fourth-order valence-electron chi connectivity index (χ4n) is 4.19. The molecule has 3 aromatic rings. The number of carboxylic acids is 1. The number of nitrogens with zero attached hydrogens (tertiary/aromatic N) is 3. The Morgan fingerprint density at radius 2 is 1.81 bits per heavy atom. The minimum Gasteiger partial charge on any atom is -0.545 e. The van der Waals surface area contributed by atoms with E-state index < -0.39 is 5.97 Å². The number of carboxylic acid groups (broad SMARTS) is 1. The van der Waals surface area contributed by atoms with Crippen molar-refractivity contribution in [2.24, 2.45) is 0 Å². The molecule has 0 N–H and O–H groups in total. The van der Waals surface area contributed by atoms with E-state index in [2.05, 4.69) is 16.7 Å². The number of aromatic nitrogens is 1. The molecule has 0 saturated carbocycles. The Morgan fingerprint density at radius 3 is 2.45 bits per heavy atom. The fraction of sp³-hybridized carbons (Fsp3) is 0.240. The number of allylic oxidation sites excluding steroid dienone is 1. The van der Waals surface area contributed by atoms with Gasteiger partial charge in [0.15, 0.2) is 0 Å². The highest BCUT2D eigenvalue weighted by Crippen LogP contribution is 2.38. The number of nitriles is 2. The molecule has 154 valence electrons. The zero-order valence-electron chi connectivity index (χ0n) is 17.4. The molecule has 0 radical (unpaired) electrons. The average molecular weight is 427 g/mol. The number of aryl methyl sites for hydroxylation is 2. The van der Waals surface area contributed by atoms with Crippen LogP contribution in [0, 0.1) is 36.5 Å². The van der Waals surface area contributed by atoms with Gasteiger partial charge in [-0.3, -0.25) is 0 Å². The summed E-state index contributed by atoms with van der Waals surface area (Å²) in [6, 6.07) is 12.8. The Hall–Kier alpha value is -3.61. The molecule has 2 aromatic heterocycles. The summed E-state index contributed by atoms with van der Waals surface area (Å²) >= 11 is 1.70. The minimum atomic E-state index is -1.25. The maximum Gasteiger partial charge on any atom is 0.118 e. The molecular formula is C25H20N3O2S-. The van der Waals surface area contributed by atoms with E-state index in [1.54, 1.807) is 23.5 Å². The van der Waals surface area contributed by atoms with Crippen LogP contribution in [0.4, 0.5) is 0 Å². The van der Waals surface area contributed by atoms with E-state index in [0.717, 1.165) is 53.2 Å². The summed E-state index contributed by atoms with van der Waals surface area (Å²) in [4.78, 5) is 12.3. The van der Waals surface area contributed by atoms with E-state index in [0.29, 0.717) is 11.1 Å². The predicted octanol–water partition coefficient (Wildman–Crippen LogP) is 4.33. The van der Waals surface area contributed by atoms with Crippen LogP contribution in [0.15, 0.2) is 30.3 Å². The molecule has 5 nitrogen and oxygen atoms in total. The minimum absolute atomic E-state index is 0.0740. The number of rotatable bonds is 4. The molecule has 0 aliphatic heterocycles. The molecule has 0 unspecified atom stereocenters. The molecule has 2 heterocycles. The van der Waals surface area contributed by atoms with Crippen LogP contribution in [0.1, 0.15) is 61.7 Å². The smallest absolute Gasteiger partial charge is 0.118 e. The second kappa shape index (κ2) is 8.26. The summed E-state index contributed by atoms with van der Waals surface area (Å²) in [5.41, 5.74) is 5.99. The second-order valence-corrected chi connectivity index (χ2v) is 8.78. The van der Waals surface area contributed by atoms with Gasteiger partial charge in [0.05, 0.1) is 23.2 Å². The number of hydrogen-bond acceptors (Lipinski definition) is 5. The van der Waals surface area contributed by atoms with Crippen molar-refractivity contribution in [2.45, 2.75) is 39.5 Å². The van der Waals surface area contributed by atoms with Crippen molar-refractivity contribution in [3.8, 4) is 17.1 Å². The lowest BCUT2D eigenvalue weighted by molar-refractivity contribution is -0.255. The number of carbonyl (C=O) groups excluding carboxylic acids is 1. The van der Waals surface area contributed by atoms with Gasteiger partial charge in [0.1, 0.15) is 11.1 Å². The SMILES string of the molecule is Cc1cc(/C=C(\C#N)c2ccc(C(=O)[O-])cc2)c(C)n1-c1sc2c(c1C#N)CCCC2. The van der Waals surface area contributed by atoms with Crippen molar-refractivity contribution in [3.05, 3.63) is 74.4 Å². The lowest BCUT2D eigenvalue weighted by atomic mass is 9.96. The van der Waals surface area contributed by atoms with Crippen LogP contribution in [0.3, 0.4) is 0 Å². The predicted molar refractivity (Wildman–Crippen MR) is 119 cm³/mol. The lowest BCUT2D eigenvalue weighted by Gasteiger charge is -2.10. The standard InChI is InChI=1S/C25H21N3O2S/c1-15-11-19(12-20(13-26)17-7-9-18(10-8-17)25(29)30)16(2)28(15)24-22(14-27)21-5-3-4-6-23(21)31-24/h7-12H,3-6H2,1-2H3,(H,29,30)/p-1/b20-12+. The highest BCUT2D eigenvalue weighted by Gasteiger charge is 2.23. The summed E-state index contributed by atoms with van der Waals surface area (Å²) in [6.45, 7) is 4.00. The molecule has 31 heavy (non-hydrogen) atoms. The van der Waals surface area contributed by atoms with E-state index >= 15 is 0 Å². The van der Waals surface area contributed by atoms with Crippen molar-refractivity contribution < 1.29 is 9.90 Å². The number of benzene rings is 1. The van der Waals surface area contributed by atoms with Crippen molar-refractivity contribution in [2.75, 3.05) is 0 Å². The van der Waals surface area contributed by atoms with Gasteiger partial charge in [-0.05, 0) is 73.9 Å². The van der Waals surface area contributed by atoms with Gasteiger partial charge in [0.25, 0.3) is 0 Å². The van der Waals surface area contributed by atoms with Gasteiger partial charge in [-0.2, -0.15) is 10.5 Å². The molecule has 1 aromatic carbocycles. The highest BCUT2D eigenvalue weighted by molar-refractivity contribution is 7.15. The number of thiophene rings is 1. The molecular weight excluding hydrogens is 406 g/mol. The number of carbonyl (C=O) groups is 1. The Labute approximate surface area is 185 Å². The Morgan fingerprint density at radius 1 is 1.13 bits per heavy atom. The van der Waals surface area contributed by atoms with E-state index in [-0.39, 0.29) is 5.56 Å². The molecule has 1 aliphatic carbocycles. The summed E-state index contributed by atoms with van der Waals surface area (Å²) in [5, 5.41) is 31.5. The van der Waals surface area contributed by atoms with Gasteiger partial charge in [-0.25, -0.2) is 0 Å². The third-order valence-electron chi connectivity index (χ3n) is 5.79. The quantitative estimate of drug-likeness (QED) is 0.580.